The van der Waals surface area contributed by atoms with E-state index in [1.54, 1.807) is 11.6 Å². The zero-order chi connectivity index (χ0) is 17.7. The molecular formula is C17H18N4O4. The van der Waals surface area contributed by atoms with Crippen molar-refractivity contribution in [2.24, 2.45) is 14.1 Å². The second-order valence-corrected chi connectivity index (χ2v) is 6.25. The van der Waals surface area contributed by atoms with Crippen molar-refractivity contribution < 1.29 is 9.47 Å². The Balaban J connectivity index is 1.60. The Kier molecular flexibility index (Phi) is 3.41. The first-order valence-electron chi connectivity index (χ1n) is 7.98. The number of hydrogen-bond acceptors (Lipinski definition) is 5. The minimum Gasteiger partial charge on any atom is -0.490 e. The maximum absolute atomic E-state index is 12.4. The third kappa shape index (κ3) is 2.41. The summed E-state index contributed by atoms with van der Waals surface area (Å²) in [4.78, 5) is 28.7. The molecule has 0 saturated carbocycles. The van der Waals surface area contributed by atoms with Crippen LogP contribution in [-0.4, -0.2) is 31.4 Å². The lowest BCUT2D eigenvalue weighted by Crippen LogP contribution is -2.37. The van der Waals surface area contributed by atoms with Gasteiger partial charge in [0, 0.05) is 14.1 Å². The van der Waals surface area contributed by atoms with Crippen molar-refractivity contribution in [3.05, 3.63) is 50.7 Å². The minimum absolute atomic E-state index is 0.241. The Morgan fingerprint density at radius 2 is 1.92 bits per heavy atom. The van der Waals surface area contributed by atoms with Crippen LogP contribution in [0.25, 0.3) is 11.2 Å². The number of rotatable bonds is 3. The molecule has 130 valence electrons. The van der Waals surface area contributed by atoms with Crippen molar-refractivity contribution in [2.75, 3.05) is 6.61 Å². The summed E-state index contributed by atoms with van der Waals surface area (Å²) in [6.45, 7) is 2.81. The van der Waals surface area contributed by atoms with Gasteiger partial charge in [-0.2, -0.15) is 4.98 Å². The lowest BCUT2D eigenvalue weighted by atomic mass is 10.2. The molecule has 2 aromatic heterocycles. The lowest BCUT2D eigenvalue weighted by molar-refractivity contribution is 0.144. The summed E-state index contributed by atoms with van der Waals surface area (Å²) in [6, 6.07) is 8.11. The first-order valence-corrected chi connectivity index (χ1v) is 7.98. The summed E-state index contributed by atoms with van der Waals surface area (Å²) < 4.78 is 15.7. The molecule has 0 saturated heterocycles. The highest BCUT2D eigenvalue weighted by Gasteiger charge is 2.30. The molecule has 4 rings (SSSR count). The second-order valence-electron chi connectivity index (χ2n) is 6.25. The third-order valence-electron chi connectivity index (χ3n) is 4.43. The molecular weight excluding hydrogens is 324 g/mol. The van der Waals surface area contributed by atoms with E-state index in [1.165, 1.54) is 11.6 Å². The van der Waals surface area contributed by atoms with Crippen LogP contribution in [0.4, 0.5) is 0 Å². The maximum Gasteiger partial charge on any atom is 0.332 e. The SMILES string of the molecule is Cc1ccc(OC[C@H]2Cn3c(nc4c3c(=O)n(C)c(=O)n4C)O2)cc1. The van der Waals surface area contributed by atoms with Gasteiger partial charge in [0.1, 0.15) is 12.4 Å². The Hall–Kier alpha value is -3.03. The number of ether oxygens (including phenoxy) is 2. The molecule has 8 nitrogen and oxygen atoms in total. The van der Waals surface area contributed by atoms with E-state index in [2.05, 4.69) is 4.98 Å². The van der Waals surface area contributed by atoms with Gasteiger partial charge >= 0.3 is 5.69 Å². The maximum atomic E-state index is 12.4. The van der Waals surface area contributed by atoms with Crippen molar-refractivity contribution in [1.29, 1.82) is 0 Å². The second kappa shape index (κ2) is 5.51. The summed E-state index contributed by atoms with van der Waals surface area (Å²) >= 11 is 0. The van der Waals surface area contributed by atoms with Gasteiger partial charge in [0.05, 0.1) is 6.54 Å². The van der Waals surface area contributed by atoms with Crippen LogP contribution in [0.1, 0.15) is 5.56 Å². The number of aromatic nitrogens is 4. The fraction of sp³-hybridized carbons (Fsp3) is 0.353. The highest BCUT2D eigenvalue weighted by atomic mass is 16.6. The first-order chi connectivity index (χ1) is 12.0. The van der Waals surface area contributed by atoms with Crippen LogP contribution in [0.2, 0.25) is 0 Å². The molecule has 0 spiro atoms. The Morgan fingerprint density at radius 1 is 1.20 bits per heavy atom. The zero-order valence-corrected chi connectivity index (χ0v) is 14.2. The molecule has 0 N–H and O–H groups in total. The number of aryl methyl sites for hydroxylation is 2. The predicted molar refractivity (Wildman–Crippen MR) is 91.3 cm³/mol. The van der Waals surface area contributed by atoms with Crippen molar-refractivity contribution in [3.63, 3.8) is 0 Å². The average Bonchev–Trinajstić information content (AvgIpc) is 3.15. The van der Waals surface area contributed by atoms with Gasteiger partial charge in [0.25, 0.3) is 11.6 Å². The van der Waals surface area contributed by atoms with Gasteiger partial charge in [-0.15, -0.1) is 0 Å². The van der Waals surface area contributed by atoms with Gasteiger partial charge in [-0.3, -0.25) is 18.5 Å². The Morgan fingerprint density at radius 3 is 2.64 bits per heavy atom. The molecule has 0 amide bonds. The van der Waals surface area contributed by atoms with Crippen LogP contribution in [0, 0.1) is 6.92 Å². The Labute approximate surface area is 142 Å². The van der Waals surface area contributed by atoms with Crippen molar-refractivity contribution in [2.45, 2.75) is 19.6 Å². The van der Waals surface area contributed by atoms with Crippen LogP contribution < -0.4 is 20.7 Å². The number of imidazole rings is 1. The van der Waals surface area contributed by atoms with Crippen LogP contribution in [0.5, 0.6) is 11.8 Å². The average molecular weight is 342 g/mol. The molecule has 0 bridgehead atoms. The highest BCUT2D eigenvalue weighted by molar-refractivity contribution is 5.72. The van der Waals surface area contributed by atoms with E-state index < -0.39 is 5.69 Å². The summed E-state index contributed by atoms with van der Waals surface area (Å²) in [5.74, 6) is 0.766. The van der Waals surface area contributed by atoms with Crippen LogP contribution >= 0.6 is 0 Å². The molecule has 1 atom stereocenters. The van der Waals surface area contributed by atoms with Crippen LogP contribution in [0.3, 0.4) is 0 Å². The van der Waals surface area contributed by atoms with E-state index in [-0.39, 0.29) is 11.7 Å². The van der Waals surface area contributed by atoms with Gasteiger partial charge in [-0.05, 0) is 19.1 Å². The molecule has 1 aliphatic heterocycles. The van der Waals surface area contributed by atoms with E-state index in [9.17, 15) is 9.59 Å². The topological polar surface area (TPSA) is 80.3 Å². The summed E-state index contributed by atoms with van der Waals surface area (Å²) in [5, 5.41) is 0. The van der Waals surface area contributed by atoms with E-state index in [0.29, 0.717) is 30.3 Å². The van der Waals surface area contributed by atoms with Crippen molar-refractivity contribution >= 4 is 11.2 Å². The largest absolute Gasteiger partial charge is 0.490 e. The normalized spacial score (nSPS) is 16.0. The first kappa shape index (κ1) is 15.5. The smallest absolute Gasteiger partial charge is 0.332 e. The fourth-order valence-electron chi connectivity index (χ4n) is 2.99. The van der Waals surface area contributed by atoms with Gasteiger partial charge in [-0.25, -0.2) is 4.79 Å². The van der Waals surface area contributed by atoms with Gasteiger partial charge in [0.15, 0.2) is 17.3 Å². The molecule has 1 aromatic carbocycles. The quantitative estimate of drug-likeness (QED) is 0.696. The molecule has 25 heavy (non-hydrogen) atoms. The molecule has 1 aliphatic rings. The summed E-state index contributed by atoms with van der Waals surface area (Å²) in [5.41, 5.74) is 1.09. The molecule has 0 unspecified atom stereocenters. The monoisotopic (exact) mass is 342 g/mol. The fourth-order valence-corrected chi connectivity index (χ4v) is 2.99. The third-order valence-corrected chi connectivity index (χ3v) is 4.43. The lowest BCUT2D eigenvalue weighted by Gasteiger charge is -2.12. The van der Waals surface area contributed by atoms with Gasteiger partial charge in [-0.1, -0.05) is 17.7 Å². The number of hydrogen-bond donors (Lipinski definition) is 0. The molecule has 8 heteroatoms. The van der Waals surface area contributed by atoms with E-state index in [0.717, 1.165) is 15.9 Å². The molecule has 0 radical (unpaired) electrons. The zero-order valence-electron chi connectivity index (χ0n) is 14.2. The molecule has 3 aromatic rings. The number of nitrogens with zero attached hydrogens (tertiary/aromatic N) is 4. The van der Waals surface area contributed by atoms with Crippen LogP contribution in [-0.2, 0) is 20.6 Å². The summed E-state index contributed by atoms with van der Waals surface area (Å²) in [7, 11) is 3.04. The standard InChI is InChI=1S/C17H18N4O4/c1-10-4-6-11(7-5-10)24-9-12-8-21-13-14(18-16(21)25-12)19(2)17(23)20(3)15(13)22/h4-7,12H,8-9H2,1-3H3/t12-/m1/s1. The van der Waals surface area contributed by atoms with Crippen LogP contribution in [0.15, 0.2) is 33.9 Å². The molecule has 0 fully saturated rings. The summed E-state index contributed by atoms with van der Waals surface area (Å²) in [6.07, 6.45) is -0.241. The van der Waals surface area contributed by atoms with Crippen molar-refractivity contribution in [1.82, 2.24) is 18.7 Å². The highest BCUT2D eigenvalue weighted by Crippen LogP contribution is 2.25. The number of benzene rings is 1. The van der Waals surface area contributed by atoms with E-state index in [1.807, 2.05) is 31.2 Å². The molecule has 0 aliphatic carbocycles. The predicted octanol–water partition coefficient (Wildman–Crippen LogP) is 0.582. The molecule has 3 heterocycles. The van der Waals surface area contributed by atoms with E-state index in [4.69, 9.17) is 9.47 Å². The Bertz CT molecular complexity index is 1080. The minimum atomic E-state index is -0.409. The van der Waals surface area contributed by atoms with Crippen molar-refractivity contribution in [3.8, 4) is 11.8 Å². The van der Waals surface area contributed by atoms with Gasteiger partial charge in [0.2, 0.25) is 0 Å². The van der Waals surface area contributed by atoms with E-state index >= 15 is 0 Å². The number of fused-ring (bicyclic) bond motifs is 3. The van der Waals surface area contributed by atoms with Gasteiger partial charge < -0.3 is 9.47 Å².